The highest BCUT2D eigenvalue weighted by Crippen LogP contribution is 2.18. The van der Waals surface area contributed by atoms with Crippen molar-refractivity contribution in [2.24, 2.45) is 0 Å². The molecule has 3 aromatic carbocycles. The maximum Gasteiger partial charge on any atom is 0.244 e. The average Bonchev–Trinajstić information content (AvgIpc) is 2.82. The van der Waals surface area contributed by atoms with E-state index in [0.717, 1.165) is 23.1 Å². The molecular formula is C28H26N2O3. The molecule has 4 rings (SSSR count). The summed E-state index contributed by atoms with van der Waals surface area (Å²) in [6.45, 7) is 5.91. The van der Waals surface area contributed by atoms with E-state index >= 15 is 0 Å². The van der Waals surface area contributed by atoms with Crippen molar-refractivity contribution >= 4 is 28.3 Å². The van der Waals surface area contributed by atoms with Gasteiger partial charge in [-0.15, -0.1) is 0 Å². The molecule has 0 aliphatic heterocycles. The van der Waals surface area contributed by atoms with Crippen molar-refractivity contribution in [2.45, 2.75) is 33.7 Å². The van der Waals surface area contributed by atoms with Crippen LogP contribution in [0.15, 0.2) is 77.7 Å². The smallest absolute Gasteiger partial charge is 0.244 e. The molecule has 1 aromatic heterocycles. The van der Waals surface area contributed by atoms with E-state index in [4.69, 9.17) is 0 Å². The Kier molecular flexibility index (Phi) is 6.22. The first-order valence-electron chi connectivity index (χ1n) is 11.0. The van der Waals surface area contributed by atoms with Gasteiger partial charge in [-0.05, 0) is 50.1 Å². The van der Waals surface area contributed by atoms with Gasteiger partial charge in [0.15, 0.2) is 5.78 Å². The summed E-state index contributed by atoms with van der Waals surface area (Å²) in [4.78, 5) is 39.3. The second-order valence-electron chi connectivity index (χ2n) is 8.31. The molecule has 4 aromatic rings. The first-order chi connectivity index (χ1) is 15.9. The van der Waals surface area contributed by atoms with Crippen LogP contribution in [0, 0.1) is 13.8 Å². The Labute approximate surface area is 192 Å². The zero-order valence-corrected chi connectivity index (χ0v) is 19.0. The summed E-state index contributed by atoms with van der Waals surface area (Å²) in [7, 11) is 0. The number of ketones is 1. The molecular weight excluding hydrogens is 412 g/mol. The van der Waals surface area contributed by atoms with Gasteiger partial charge in [0, 0.05) is 22.8 Å². The summed E-state index contributed by atoms with van der Waals surface area (Å²) in [6.07, 6.45) is 2.27. The summed E-state index contributed by atoms with van der Waals surface area (Å²) in [5.74, 6) is -0.589. The zero-order chi connectivity index (χ0) is 23.5. The van der Waals surface area contributed by atoms with Crippen LogP contribution in [0.3, 0.4) is 0 Å². The minimum Gasteiger partial charge on any atom is -0.337 e. The summed E-state index contributed by atoms with van der Waals surface area (Å²) in [5.41, 5.74) is 4.63. The van der Waals surface area contributed by atoms with E-state index in [1.54, 1.807) is 16.7 Å². The van der Waals surface area contributed by atoms with Crippen LogP contribution < -0.4 is 10.7 Å². The van der Waals surface area contributed by atoms with Crippen molar-refractivity contribution in [3.05, 3.63) is 111 Å². The standard InChI is InChI=1S/C28H26N2O3/c1-4-20-9-14-25-23(15-20)28(33)24(27(32)21-10-5-18(2)6-11-21)16-30(25)17-26(31)29-22-12-7-19(3)8-13-22/h5-16H,4,17H2,1-3H3,(H,29,31). The summed E-state index contributed by atoms with van der Waals surface area (Å²) < 4.78 is 1.68. The number of nitrogens with one attached hydrogen (secondary N) is 1. The third-order valence-electron chi connectivity index (χ3n) is 5.76. The van der Waals surface area contributed by atoms with Gasteiger partial charge >= 0.3 is 0 Å². The number of rotatable bonds is 6. The Morgan fingerprint density at radius 1 is 0.879 bits per heavy atom. The third kappa shape index (κ3) is 4.77. The molecule has 0 radical (unpaired) electrons. The number of carbonyl (C=O) groups is 2. The second-order valence-corrected chi connectivity index (χ2v) is 8.31. The normalized spacial score (nSPS) is 10.9. The molecule has 0 saturated carbocycles. The Balaban J connectivity index is 1.77. The molecule has 0 bridgehead atoms. The Bertz CT molecular complexity index is 1400. The van der Waals surface area contributed by atoms with E-state index in [1.807, 2.05) is 75.4 Å². The van der Waals surface area contributed by atoms with Gasteiger partial charge in [-0.3, -0.25) is 14.4 Å². The average molecular weight is 439 g/mol. The molecule has 1 heterocycles. The molecule has 0 aliphatic carbocycles. The molecule has 0 atom stereocenters. The molecule has 1 amide bonds. The molecule has 33 heavy (non-hydrogen) atoms. The van der Waals surface area contributed by atoms with Crippen molar-refractivity contribution in [1.82, 2.24) is 4.57 Å². The fourth-order valence-corrected chi connectivity index (χ4v) is 3.81. The molecule has 0 unspecified atom stereocenters. The number of pyridine rings is 1. The first kappa shape index (κ1) is 22.2. The van der Waals surface area contributed by atoms with E-state index in [0.29, 0.717) is 22.2 Å². The van der Waals surface area contributed by atoms with Crippen molar-refractivity contribution in [1.29, 1.82) is 0 Å². The van der Waals surface area contributed by atoms with Crippen molar-refractivity contribution < 1.29 is 9.59 Å². The highest BCUT2D eigenvalue weighted by molar-refractivity contribution is 6.10. The molecule has 0 aliphatic rings. The topological polar surface area (TPSA) is 68.2 Å². The summed E-state index contributed by atoms with van der Waals surface area (Å²) in [6, 6.07) is 20.3. The van der Waals surface area contributed by atoms with Crippen LogP contribution >= 0.6 is 0 Å². The van der Waals surface area contributed by atoms with Crippen LogP contribution in [0.1, 0.15) is 39.5 Å². The molecule has 1 N–H and O–H groups in total. The zero-order valence-electron chi connectivity index (χ0n) is 19.0. The predicted octanol–water partition coefficient (Wildman–Crippen LogP) is 5.05. The van der Waals surface area contributed by atoms with Crippen LogP contribution in [-0.4, -0.2) is 16.3 Å². The van der Waals surface area contributed by atoms with Gasteiger partial charge in [-0.2, -0.15) is 0 Å². The Hall–Kier alpha value is -3.99. The fraction of sp³-hybridized carbons (Fsp3) is 0.179. The first-order valence-corrected chi connectivity index (χ1v) is 11.0. The van der Waals surface area contributed by atoms with E-state index in [9.17, 15) is 14.4 Å². The SMILES string of the molecule is CCc1ccc2c(c1)c(=O)c(C(=O)c1ccc(C)cc1)cn2CC(=O)Nc1ccc(C)cc1. The number of aryl methyl sites for hydroxylation is 3. The number of fused-ring (bicyclic) bond motifs is 1. The van der Waals surface area contributed by atoms with Gasteiger partial charge < -0.3 is 9.88 Å². The van der Waals surface area contributed by atoms with Crippen LogP contribution in [0.4, 0.5) is 5.69 Å². The van der Waals surface area contributed by atoms with E-state index in [-0.39, 0.29) is 29.2 Å². The number of amides is 1. The highest BCUT2D eigenvalue weighted by Gasteiger charge is 2.18. The molecule has 0 fully saturated rings. The lowest BCUT2D eigenvalue weighted by atomic mass is 10.00. The number of nitrogens with zero attached hydrogens (tertiary/aromatic N) is 1. The highest BCUT2D eigenvalue weighted by atomic mass is 16.2. The molecule has 5 nitrogen and oxygen atoms in total. The molecule has 166 valence electrons. The molecule has 5 heteroatoms. The van der Waals surface area contributed by atoms with Gasteiger partial charge in [-0.1, -0.05) is 60.5 Å². The molecule has 0 spiro atoms. The van der Waals surface area contributed by atoms with Crippen LogP contribution in [0.5, 0.6) is 0 Å². The van der Waals surface area contributed by atoms with Gasteiger partial charge in [-0.25, -0.2) is 0 Å². The number of anilines is 1. The lowest BCUT2D eigenvalue weighted by Gasteiger charge is -2.14. The maximum absolute atomic E-state index is 13.3. The van der Waals surface area contributed by atoms with Crippen LogP contribution in [0.25, 0.3) is 10.9 Å². The fourth-order valence-electron chi connectivity index (χ4n) is 3.81. The second kappa shape index (κ2) is 9.25. The number of benzene rings is 3. The minimum absolute atomic E-state index is 0.0235. The predicted molar refractivity (Wildman–Crippen MR) is 132 cm³/mol. The maximum atomic E-state index is 13.3. The number of hydrogen-bond donors (Lipinski definition) is 1. The van der Waals surface area contributed by atoms with Crippen molar-refractivity contribution in [3.63, 3.8) is 0 Å². The minimum atomic E-state index is -0.350. The van der Waals surface area contributed by atoms with E-state index in [2.05, 4.69) is 5.32 Å². The Morgan fingerprint density at radius 3 is 2.15 bits per heavy atom. The van der Waals surface area contributed by atoms with Crippen LogP contribution in [0.2, 0.25) is 0 Å². The van der Waals surface area contributed by atoms with Gasteiger partial charge in [0.2, 0.25) is 11.3 Å². The summed E-state index contributed by atoms with van der Waals surface area (Å²) in [5, 5.41) is 3.32. The third-order valence-corrected chi connectivity index (χ3v) is 5.76. The molecule has 0 saturated heterocycles. The number of hydrogen-bond acceptors (Lipinski definition) is 3. The Morgan fingerprint density at radius 2 is 1.52 bits per heavy atom. The van der Waals surface area contributed by atoms with Gasteiger partial charge in [0.25, 0.3) is 0 Å². The van der Waals surface area contributed by atoms with E-state index in [1.165, 1.54) is 6.20 Å². The van der Waals surface area contributed by atoms with E-state index < -0.39 is 0 Å². The van der Waals surface area contributed by atoms with Gasteiger partial charge in [0.1, 0.15) is 6.54 Å². The van der Waals surface area contributed by atoms with Crippen molar-refractivity contribution in [2.75, 3.05) is 5.32 Å². The monoisotopic (exact) mass is 438 g/mol. The van der Waals surface area contributed by atoms with Crippen molar-refractivity contribution in [3.8, 4) is 0 Å². The largest absolute Gasteiger partial charge is 0.337 e. The lowest BCUT2D eigenvalue weighted by Crippen LogP contribution is -2.24. The summed E-state index contributed by atoms with van der Waals surface area (Å²) >= 11 is 0. The quantitative estimate of drug-likeness (QED) is 0.428. The number of aromatic nitrogens is 1. The van der Waals surface area contributed by atoms with Crippen LogP contribution in [-0.2, 0) is 17.8 Å². The number of carbonyl (C=O) groups excluding carboxylic acids is 2. The van der Waals surface area contributed by atoms with Gasteiger partial charge in [0.05, 0.1) is 11.1 Å². The lowest BCUT2D eigenvalue weighted by molar-refractivity contribution is -0.116.